The third-order valence-electron chi connectivity index (χ3n) is 4.23. The molecule has 0 bridgehead atoms. The Kier molecular flexibility index (Phi) is 3.61. The van der Waals surface area contributed by atoms with Gasteiger partial charge in [-0.25, -0.2) is 0 Å². The van der Waals surface area contributed by atoms with Crippen molar-refractivity contribution in [2.75, 3.05) is 5.32 Å². The fourth-order valence-electron chi connectivity index (χ4n) is 3.15. The van der Waals surface area contributed by atoms with E-state index in [2.05, 4.69) is 11.4 Å². The van der Waals surface area contributed by atoms with E-state index in [4.69, 9.17) is 5.26 Å². The minimum absolute atomic E-state index is 0.0713. The average molecular weight is 283 g/mol. The van der Waals surface area contributed by atoms with Crippen LogP contribution in [0.25, 0.3) is 0 Å². The lowest BCUT2D eigenvalue weighted by atomic mass is 10.2. The fraction of sp³-hybridized carbons (Fsp3) is 0.438. The first-order valence-electron chi connectivity index (χ1n) is 7.31. The number of carbonyl (C=O) groups excluding carboxylic acids is 2. The van der Waals surface area contributed by atoms with Crippen LogP contribution in [-0.2, 0) is 9.59 Å². The quantitative estimate of drug-likeness (QED) is 0.862. The van der Waals surface area contributed by atoms with Gasteiger partial charge in [-0.15, -0.1) is 0 Å². The van der Waals surface area contributed by atoms with Crippen molar-refractivity contribution in [1.82, 2.24) is 4.90 Å². The van der Waals surface area contributed by atoms with Crippen LogP contribution in [0.5, 0.6) is 0 Å². The van der Waals surface area contributed by atoms with Gasteiger partial charge in [0.25, 0.3) is 5.91 Å². The molecule has 1 saturated heterocycles. The first-order chi connectivity index (χ1) is 10.2. The van der Waals surface area contributed by atoms with E-state index in [0.717, 1.165) is 31.4 Å². The van der Waals surface area contributed by atoms with Crippen LogP contribution in [0.2, 0.25) is 0 Å². The standard InChI is InChI=1S/C16H17N3O2/c17-10-11-5-7-12(8-6-11)18-14-9-15(20)19(16(14)21)13-3-1-2-4-13/h5-8,13-14,18H,1-4,9H2. The summed E-state index contributed by atoms with van der Waals surface area (Å²) in [4.78, 5) is 26.0. The molecule has 1 saturated carbocycles. The molecule has 2 fully saturated rings. The highest BCUT2D eigenvalue weighted by Gasteiger charge is 2.42. The first-order valence-corrected chi connectivity index (χ1v) is 7.31. The van der Waals surface area contributed by atoms with Crippen molar-refractivity contribution < 1.29 is 9.59 Å². The Morgan fingerprint density at radius 1 is 1.14 bits per heavy atom. The Balaban J connectivity index is 1.70. The van der Waals surface area contributed by atoms with Crippen molar-refractivity contribution in [2.24, 2.45) is 0 Å². The summed E-state index contributed by atoms with van der Waals surface area (Å²) in [6, 6.07) is 8.57. The van der Waals surface area contributed by atoms with Crippen molar-refractivity contribution in [3.8, 4) is 6.07 Å². The molecule has 0 aromatic heterocycles. The number of nitrogens with zero attached hydrogens (tertiary/aromatic N) is 2. The van der Waals surface area contributed by atoms with E-state index in [1.54, 1.807) is 24.3 Å². The molecule has 1 aliphatic heterocycles. The van der Waals surface area contributed by atoms with Gasteiger partial charge >= 0.3 is 0 Å². The first kappa shape index (κ1) is 13.6. The minimum atomic E-state index is -0.481. The Bertz CT molecular complexity index is 597. The third kappa shape index (κ3) is 2.62. The molecule has 3 rings (SSSR count). The molecule has 1 N–H and O–H groups in total. The van der Waals surface area contributed by atoms with Crippen LogP contribution >= 0.6 is 0 Å². The highest BCUT2D eigenvalue weighted by atomic mass is 16.2. The number of hydrogen-bond donors (Lipinski definition) is 1. The van der Waals surface area contributed by atoms with Gasteiger partial charge in [-0.2, -0.15) is 5.26 Å². The van der Waals surface area contributed by atoms with Gasteiger partial charge in [-0.05, 0) is 37.1 Å². The molecule has 0 spiro atoms. The van der Waals surface area contributed by atoms with Crippen LogP contribution < -0.4 is 5.32 Å². The lowest BCUT2D eigenvalue weighted by molar-refractivity contribution is -0.141. The van der Waals surface area contributed by atoms with E-state index in [1.165, 1.54) is 4.90 Å². The van der Waals surface area contributed by atoms with Gasteiger partial charge in [-0.1, -0.05) is 12.8 Å². The minimum Gasteiger partial charge on any atom is -0.373 e. The molecule has 1 heterocycles. The molecule has 5 nitrogen and oxygen atoms in total. The van der Waals surface area contributed by atoms with Crippen molar-refractivity contribution in [2.45, 2.75) is 44.2 Å². The van der Waals surface area contributed by atoms with Gasteiger partial charge in [0.15, 0.2) is 0 Å². The Morgan fingerprint density at radius 3 is 2.43 bits per heavy atom. The topological polar surface area (TPSA) is 73.2 Å². The summed E-state index contributed by atoms with van der Waals surface area (Å²) in [5, 5.41) is 11.9. The molecule has 2 amide bonds. The van der Waals surface area contributed by atoms with E-state index >= 15 is 0 Å². The van der Waals surface area contributed by atoms with Crippen LogP contribution in [0.3, 0.4) is 0 Å². The second-order valence-electron chi connectivity index (χ2n) is 5.63. The maximum absolute atomic E-state index is 12.4. The number of imide groups is 1. The number of nitrogens with one attached hydrogen (secondary N) is 1. The van der Waals surface area contributed by atoms with Gasteiger partial charge in [0.2, 0.25) is 5.91 Å². The number of amides is 2. The molecule has 1 aliphatic carbocycles. The highest BCUT2D eigenvalue weighted by molar-refractivity contribution is 6.07. The second kappa shape index (κ2) is 5.57. The number of carbonyl (C=O) groups is 2. The van der Waals surface area contributed by atoms with Crippen molar-refractivity contribution >= 4 is 17.5 Å². The summed E-state index contributed by atoms with van der Waals surface area (Å²) >= 11 is 0. The average Bonchev–Trinajstić information content (AvgIpc) is 3.09. The molecule has 1 atom stereocenters. The van der Waals surface area contributed by atoms with Crippen molar-refractivity contribution in [3.05, 3.63) is 29.8 Å². The molecule has 5 heteroatoms. The molecule has 2 aliphatic rings. The lowest BCUT2D eigenvalue weighted by Gasteiger charge is -2.22. The van der Waals surface area contributed by atoms with Crippen molar-refractivity contribution in [1.29, 1.82) is 5.26 Å². The smallest absolute Gasteiger partial charge is 0.252 e. The van der Waals surface area contributed by atoms with Gasteiger partial charge in [-0.3, -0.25) is 14.5 Å². The van der Waals surface area contributed by atoms with Gasteiger partial charge in [0.05, 0.1) is 18.1 Å². The Hall–Kier alpha value is -2.35. The zero-order chi connectivity index (χ0) is 14.8. The summed E-state index contributed by atoms with van der Waals surface area (Å²) in [6.45, 7) is 0. The number of anilines is 1. The van der Waals surface area contributed by atoms with E-state index in [-0.39, 0.29) is 24.3 Å². The second-order valence-corrected chi connectivity index (χ2v) is 5.63. The number of nitriles is 1. The van der Waals surface area contributed by atoms with Gasteiger partial charge < -0.3 is 5.32 Å². The zero-order valence-corrected chi connectivity index (χ0v) is 11.7. The van der Waals surface area contributed by atoms with Crippen LogP contribution in [-0.4, -0.2) is 28.8 Å². The number of likely N-dealkylation sites (tertiary alicyclic amines) is 1. The predicted octanol–water partition coefficient (Wildman–Crippen LogP) is 2.04. The van der Waals surface area contributed by atoms with Crippen LogP contribution in [0.4, 0.5) is 5.69 Å². The zero-order valence-electron chi connectivity index (χ0n) is 11.7. The van der Waals surface area contributed by atoms with Gasteiger partial charge in [0, 0.05) is 11.7 Å². The monoisotopic (exact) mass is 283 g/mol. The summed E-state index contributed by atoms with van der Waals surface area (Å²) in [5.41, 5.74) is 1.33. The molecule has 108 valence electrons. The Morgan fingerprint density at radius 2 is 1.81 bits per heavy atom. The van der Waals surface area contributed by atoms with E-state index in [9.17, 15) is 9.59 Å². The van der Waals surface area contributed by atoms with E-state index in [1.807, 2.05) is 0 Å². The lowest BCUT2D eigenvalue weighted by Crippen LogP contribution is -2.40. The summed E-state index contributed by atoms with van der Waals surface area (Å²) < 4.78 is 0. The van der Waals surface area contributed by atoms with Crippen LogP contribution in [0.1, 0.15) is 37.7 Å². The normalized spacial score (nSPS) is 22.6. The molecule has 1 unspecified atom stereocenters. The summed E-state index contributed by atoms with van der Waals surface area (Å²) in [7, 11) is 0. The van der Waals surface area contributed by atoms with E-state index in [0.29, 0.717) is 5.56 Å². The van der Waals surface area contributed by atoms with E-state index < -0.39 is 6.04 Å². The molecule has 1 aromatic carbocycles. The molecule has 21 heavy (non-hydrogen) atoms. The summed E-state index contributed by atoms with van der Waals surface area (Å²) in [5.74, 6) is -0.186. The third-order valence-corrected chi connectivity index (χ3v) is 4.23. The molecule has 1 aromatic rings. The number of benzene rings is 1. The Labute approximate surface area is 123 Å². The predicted molar refractivity (Wildman–Crippen MR) is 77.3 cm³/mol. The van der Waals surface area contributed by atoms with Gasteiger partial charge in [0.1, 0.15) is 6.04 Å². The maximum atomic E-state index is 12.4. The summed E-state index contributed by atoms with van der Waals surface area (Å²) in [6.07, 6.45) is 4.27. The maximum Gasteiger partial charge on any atom is 0.252 e. The fourth-order valence-corrected chi connectivity index (χ4v) is 3.15. The molecular formula is C16H17N3O2. The molecular weight excluding hydrogens is 266 g/mol. The number of rotatable bonds is 3. The largest absolute Gasteiger partial charge is 0.373 e. The number of hydrogen-bond acceptors (Lipinski definition) is 4. The van der Waals surface area contributed by atoms with Crippen molar-refractivity contribution in [3.63, 3.8) is 0 Å². The molecule has 0 radical (unpaired) electrons. The highest BCUT2D eigenvalue weighted by Crippen LogP contribution is 2.29. The SMILES string of the molecule is N#Cc1ccc(NC2CC(=O)N(C3CCCC3)C2=O)cc1. The van der Waals surface area contributed by atoms with Crippen LogP contribution in [0, 0.1) is 11.3 Å². The van der Waals surface area contributed by atoms with Crippen LogP contribution in [0.15, 0.2) is 24.3 Å².